The third kappa shape index (κ3) is 2.51. The van der Waals surface area contributed by atoms with Crippen molar-refractivity contribution >= 4 is 28.7 Å². The van der Waals surface area contributed by atoms with Crippen LogP contribution in [0.4, 0.5) is 5.69 Å². The summed E-state index contributed by atoms with van der Waals surface area (Å²) in [6.07, 6.45) is 6.61. The summed E-state index contributed by atoms with van der Waals surface area (Å²) in [6.45, 7) is 2.12. The van der Waals surface area contributed by atoms with E-state index in [0.717, 1.165) is 22.9 Å². The maximum Gasteiger partial charge on any atom is 0.276 e. The van der Waals surface area contributed by atoms with Gasteiger partial charge in [0.15, 0.2) is 0 Å². The fraction of sp³-hybridized carbons (Fsp3) is 0.111. The number of rotatable bonds is 4. The van der Waals surface area contributed by atoms with Gasteiger partial charge in [-0.15, -0.1) is 0 Å². The van der Waals surface area contributed by atoms with Crippen molar-refractivity contribution in [3.05, 3.63) is 75.5 Å². The zero-order valence-electron chi connectivity index (χ0n) is 12.2. The molecule has 0 spiro atoms. The Morgan fingerprint density at radius 2 is 1.86 bits per heavy atom. The summed E-state index contributed by atoms with van der Waals surface area (Å²) in [5, 5.41) is 12.2. The van der Waals surface area contributed by atoms with Crippen LogP contribution in [0.2, 0.25) is 0 Å². The summed E-state index contributed by atoms with van der Waals surface area (Å²) >= 11 is 0. The van der Waals surface area contributed by atoms with Crippen LogP contribution < -0.4 is 0 Å². The third-order valence-electron chi connectivity index (χ3n) is 3.79. The lowest BCUT2D eigenvalue weighted by Crippen LogP contribution is -1.90. The van der Waals surface area contributed by atoms with Gasteiger partial charge in [0, 0.05) is 23.2 Å². The number of nitro benzene ring substituents is 1. The van der Waals surface area contributed by atoms with Crippen LogP contribution in [0.15, 0.2) is 48.7 Å². The molecule has 0 aliphatic carbocycles. The van der Waals surface area contributed by atoms with Crippen molar-refractivity contribution in [3.8, 4) is 0 Å². The summed E-state index contributed by atoms with van der Waals surface area (Å²) in [7, 11) is 0. The molecule has 3 rings (SSSR count). The van der Waals surface area contributed by atoms with Gasteiger partial charge in [0.05, 0.1) is 10.5 Å². The quantitative estimate of drug-likeness (QED) is 0.554. The minimum absolute atomic E-state index is 0.118. The Balaban J connectivity index is 2.02. The molecule has 2 aromatic carbocycles. The molecule has 0 unspecified atom stereocenters. The number of nitro groups is 1. The van der Waals surface area contributed by atoms with Gasteiger partial charge in [0.25, 0.3) is 5.69 Å². The number of aryl methyl sites for hydroxylation is 1. The summed E-state index contributed by atoms with van der Waals surface area (Å²) in [6, 6.07) is 13.0. The van der Waals surface area contributed by atoms with Gasteiger partial charge in [-0.3, -0.25) is 10.1 Å². The van der Waals surface area contributed by atoms with Crippen molar-refractivity contribution in [3.63, 3.8) is 0 Å². The predicted molar refractivity (Wildman–Crippen MR) is 89.7 cm³/mol. The normalized spacial score (nSPS) is 11.3. The van der Waals surface area contributed by atoms with E-state index in [2.05, 4.69) is 24.0 Å². The minimum Gasteiger partial charge on any atom is -0.360 e. The van der Waals surface area contributed by atoms with Crippen molar-refractivity contribution in [2.75, 3.05) is 0 Å². The molecule has 0 fully saturated rings. The number of nitrogens with zero attached hydrogens (tertiary/aromatic N) is 1. The van der Waals surface area contributed by atoms with Crippen LogP contribution in [0.5, 0.6) is 0 Å². The van der Waals surface area contributed by atoms with Gasteiger partial charge in [-0.25, -0.2) is 0 Å². The molecule has 4 heteroatoms. The third-order valence-corrected chi connectivity index (χ3v) is 3.79. The molecular weight excluding hydrogens is 276 g/mol. The molecular formula is C18H16N2O2. The fourth-order valence-corrected chi connectivity index (χ4v) is 2.65. The van der Waals surface area contributed by atoms with Gasteiger partial charge in [0.1, 0.15) is 0 Å². The first kappa shape index (κ1) is 14.1. The Hall–Kier alpha value is -2.88. The van der Waals surface area contributed by atoms with Crippen molar-refractivity contribution in [2.24, 2.45) is 0 Å². The van der Waals surface area contributed by atoms with Gasteiger partial charge in [-0.1, -0.05) is 43.3 Å². The molecule has 0 radical (unpaired) electrons. The number of H-pyrrole nitrogens is 1. The number of hydrogen-bond acceptors (Lipinski definition) is 2. The van der Waals surface area contributed by atoms with E-state index in [9.17, 15) is 10.1 Å². The molecule has 0 aliphatic rings. The highest BCUT2D eigenvalue weighted by molar-refractivity contribution is 5.93. The number of nitrogens with one attached hydrogen (secondary N) is 1. The van der Waals surface area contributed by atoms with E-state index in [-0.39, 0.29) is 10.6 Å². The van der Waals surface area contributed by atoms with Crippen LogP contribution in [0.3, 0.4) is 0 Å². The van der Waals surface area contributed by atoms with Crippen LogP contribution in [0, 0.1) is 10.1 Å². The lowest BCUT2D eigenvalue weighted by Gasteiger charge is -1.99. The number of aromatic nitrogens is 1. The average molecular weight is 292 g/mol. The van der Waals surface area contributed by atoms with Gasteiger partial charge < -0.3 is 4.98 Å². The number of hydrogen-bond donors (Lipinski definition) is 1. The standard InChI is InChI=1S/C18H16N2O2/c1-2-13-7-5-8-16-15(12-19-18(13)16)11-10-14-6-3-4-9-17(14)20(21)22/h3-12,19H,2H2,1H3/b11-10+. The van der Waals surface area contributed by atoms with Crippen molar-refractivity contribution < 1.29 is 4.92 Å². The maximum atomic E-state index is 11.0. The van der Waals surface area contributed by atoms with Gasteiger partial charge in [-0.2, -0.15) is 0 Å². The first-order valence-electron chi connectivity index (χ1n) is 7.21. The highest BCUT2D eigenvalue weighted by Crippen LogP contribution is 2.25. The highest BCUT2D eigenvalue weighted by atomic mass is 16.6. The molecule has 3 aromatic rings. The first-order chi connectivity index (χ1) is 10.7. The van der Waals surface area contributed by atoms with E-state index in [1.807, 2.05) is 18.3 Å². The fourth-order valence-electron chi connectivity index (χ4n) is 2.65. The molecule has 22 heavy (non-hydrogen) atoms. The SMILES string of the molecule is CCc1cccc2c(/C=C/c3ccccc3[N+](=O)[O-])c[nH]c12. The number of fused-ring (bicyclic) bond motifs is 1. The molecule has 1 aromatic heterocycles. The molecule has 0 atom stereocenters. The summed E-state index contributed by atoms with van der Waals surface area (Å²) in [5.41, 5.74) is 4.15. The van der Waals surface area contributed by atoms with Crippen LogP contribution in [0.1, 0.15) is 23.6 Å². The maximum absolute atomic E-state index is 11.0. The minimum atomic E-state index is -0.357. The second kappa shape index (κ2) is 5.85. The largest absolute Gasteiger partial charge is 0.360 e. The molecule has 110 valence electrons. The topological polar surface area (TPSA) is 58.9 Å². The Kier molecular flexibility index (Phi) is 3.74. The first-order valence-corrected chi connectivity index (χ1v) is 7.21. The van der Waals surface area contributed by atoms with Gasteiger partial charge >= 0.3 is 0 Å². The van der Waals surface area contributed by atoms with Gasteiger partial charge in [0.2, 0.25) is 0 Å². The smallest absolute Gasteiger partial charge is 0.276 e. The average Bonchev–Trinajstić information content (AvgIpc) is 2.96. The Morgan fingerprint density at radius 1 is 1.09 bits per heavy atom. The van der Waals surface area contributed by atoms with E-state index < -0.39 is 0 Å². The van der Waals surface area contributed by atoms with Crippen LogP contribution >= 0.6 is 0 Å². The van der Waals surface area contributed by atoms with Gasteiger partial charge in [-0.05, 0) is 29.7 Å². The van der Waals surface area contributed by atoms with E-state index in [4.69, 9.17) is 0 Å². The van der Waals surface area contributed by atoms with Crippen molar-refractivity contribution in [1.82, 2.24) is 4.98 Å². The zero-order chi connectivity index (χ0) is 15.5. The lowest BCUT2D eigenvalue weighted by molar-refractivity contribution is -0.385. The second-order valence-electron chi connectivity index (χ2n) is 5.09. The Bertz CT molecular complexity index is 862. The molecule has 1 heterocycles. The molecule has 1 N–H and O–H groups in total. The van der Waals surface area contributed by atoms with Crippen LogP contribution in [-0.2, 0) is 6.42 Å². The monoisotopic (exact) mass is 292 g/mol. The summed E-state index contributed by atoms with van der Waals surface area (Å²) in [4.78, 5) is 14.0. The molecule has 0 bridgehead atoms. The summed E-state index contributed by atoms with van der Waals surface area (Å²) < 4.78 is 0. The predicted octanol–water partition coefficient (Wildman–Crippen LogP) is 4.81. The zero-order valence-corrected chi connectivity index (χ0v) is 12.2. The number of aromatic amines is 1. The molecule has 4 nitrogen and oxygen atoms in total. The molecule has 0 amide bonds. The molecule has 0 aliphatic heterocycles. The Labute approximate surface area is 128 Å². The Morgan fingerprint density at radius 3 is 2.64 bits per heavy atom. The second-order valence-corrected chi connectivity index (χ2v) is 5.09. The molecule has 0 saturated carbocycles. The van der Waals surface area contributed by atoms with Crippen LogP contribution in [0.25, 0.3) is 23.1 Å². The van der Waals surface area contributed by atoms with E-state index in [0.29, 0.717) is 5.56 Å². The molecule has 0 saturated heterocycles. The van der Waals surface area contributed by atoms with E-state index >= 15 is 0 Å². The van der Waals surface area contributed by atoms with Crippen molar-refractivity contribution in [2.45, 2.75) is 13.3 Å². The van der Waals surface area contributed by atoms with Crippen molar-refractivity contribution in [1.29, 1.82) is 0 Å². The van der Waals surface area contributed by atoms with E-state index in [1.54, 1.807) is 24.3 Å². The van der Waals surface area contributed by atoms with E-state index in [1.165, 1.54) is 11.6 Å². The number of para-hydroxylation sites is 2. The lowest BCUT2D eigenvalue weighted by atomic mass is 10.1. The highest BCUT2D eigenvalue weighted by Gasteiger charge is 2.10. The number of benzene rings is 2. The van der Waals surface area contributed by atoms with Crippen LogP contribution in [-0.4, -0.2) is 9.91 Å². The summed E-state index contributed by atoms with van der Waals surface area (Å²) in [5.74, 6) is 0.